The molecule has 0 bridgehead atoms. The molecule has 0 saturated heterocycles. The van der Waals surface area contributed by atoms with E-state index in [9.17, 15) is 4.79 Å². The first-order valence-corrected chi connectivity index (χ1v) is 6.72. The number of amides is 1. The van der Waals surface area contributed by atoms with Gasteiger partial charge in [0.2, 0.25) is 0 Å². The Morgan fingerprint density at radius 3 is 2.71 bits per heavy atom. The Hall–Kier alpha value is -2.82. The summed E-state index contributed by atoms with van der Waals surface area (Å²) in [6, 6.07) is 12.2. The van der Waals surface area contributed by atoms with Crippen LogP contribution in [0.3, 0.4) is 0 Å². The first-order chi connectivity index (χ1) is 10.2. The zero-order valence-corrected chi connectivity index (χ0v) is 11.6. The van der Waals surface area contributed by atoms with Crippen molar-refractivity contribution < 1.29 is 9.21 Å². The van der Waals surface area contributed by atoms with Gasteiger partial charge in [-0.2, -0.15) is 0 Å². The maximum atomic E-state index is 12.1. The van der Waals surface area contributed by atoms with Gasteiger partial charge in [0.1, 0.15) is 5.52 Å². The topological polar surface area (TPSA) is 81.2 Å². The summed E-state index contributed by atoms with van der Waals surface area (Å²) in [5, 5.41) is 2.84. The van der Waals surface area contributed by atoms with Gasteiger partial charge in [-0.1, -0.05) is 6.92 Å². The average Bonchev–Trinajstić information content (AvgIpc) is 2.90. The van der Waals surface area contributed by atoms with Crippen LogP contribution in [-0.2, 0) is 6.42 Å². The van der Waals surface area contributed by atoms with E-state index in [1.54, 1.807) is 42.5 Å². The lowest BCUT2D eigenvalue weighted by Gasteiger charge is -2.05. The second-order valence-corrected chi connectivity index (χ2v) is 4.72. The van der Waals surface area contributed by atoms with Crippen LogP contribution in [0.5, 0.6) is 0 Å². The summed E-state index contributed by atoms with van der Waals surface area (Å²) in [7, 11) is 0. The van der Waals surface area contributed by atoms with E-state index < -0.39 is 0 Å². The minimum Gasteiger partial charge on any atom is -0.441 e. The minimum atomic E-state index is -0.187. The maximum absolute atomic E-state index is 12.1. The van der Waals surface area contributed by atoms with Crippen LogP contribution in [0.4, 0.5) is 11.4 Å². The zero-order valence-electron chi connectivity index (χ0n) is 11.6. The van der Waals surface area contributed by atoms with E-state index >= 15 is 0 Å². The number of nitrogens with zero attached hydrogens (tertiary/aromatic N) is 1. The average molecular weight is 281 g/mol. The fourth-order valence-corrected chi connectivity index (χ4v) is 2.04. The maximum Gasteiger partial charge on any atom is 0.255 e. The summed E-state index contributed by atoms with van der Waals surface area (Å²) >= 11 is 0. The number of carbonyl (C=O) groups is 1. The van der Waals surface area contributed by atoms with Gasteiger partial charge in [-0.3, -0.25) is 4.79 Å². The summed E-state index contributed by atoms with van der Waals surface area (Å²) in [5.41, 5.74) is 8.93. The van der Waals surface area contributed by atoms with Gasteiger partial charge >= 0.3 is 0 Å². The lowest BCUT2D eigenvalue weighted by molar-refractivity contribution is 0.102. The largest absolute Gasteiger partial charge is 0.441 e. The Kier molecular flexibility index (Phi) is 3.31. The van der Waals surface area contributed by atoms with E-state index in [4.69, 9.17) is 10.2 Å². The molecular formula is C16H15N3O2. The molecule has 0 aliphatic rings. The number of benzene rings is 2. The molecule has 0 saturated carbocycles. The number of hydrogen-bond donors (Lipinski definition) is 2. The highest BCUT2D eigenvalue weighted by atomic mass is 16.3. The van der Waals surface area contributed by atoms with Gasteiger partial charge in [0, 0.05) is 23.4 Å². The molecule has 0 radical (unpaired) electrons. The van der Waals surface area contributed by atoms with Crippen LogP contribution in [0.15, 0.2) is 46.9 Å². The standard InChI is InChI=1S/C16H15N3O2/c1-2-15-19-13-9-12(7-8-14(13)21-15)18-16(20)10-3-5-11(17)6-4-10/h3-9H,2,17H2,1H3,(H,18,20). The highest BCUT2D eigenvalue weighted by molar-refractivity contribution is 6.05. The number of nitrogens with two attached hydrogens (primary N) is 1. The van der Waals surface area contributed by atoms with Crippen molar-refractivity contribution in [2.45, 2.75) is 13.3 Å². The van der Waals surface area contributed by atoms with Gasteiger partial charge in [-0.15, -0.1) is 0 Å². The zero-order chi connectivity index (χ0) is 14.8. The number of aromatic nitrogens is 1. The third-order valence-corrected chi connectivity index (χ3v) is 3.17. The van der Waals surface area contributed by atoms with Crippen LogP contribution in [0.1, 0.15) is 23.2 Å². The Morgan fingerprint density at radius 2 is 2.00 bits per heavy atom. The summed E-state index contributed by atoms with van der Waals surface area (Å²) in [4.78, 5) is 16.5. The van der Waals surface area contributed by atoms with E-state index in [1.807, 2.05) is 6.92 Å². The molecule has 5 nitrogen and oxygen atoms in total. The number of oxazole rings is 1. The molecule has 0 fully saturated rings. The van der Waals surface area contributed by atoms with Crippen molar-refractivity contribution >= 4 is 28.4 Å². The quantitative estimate of drug-likeness (QED) is 0.722. The summed E-state index contributed by atoms with van der Waals surface area (Å²) in [6.45, 7) is 1.98. The van der Waals surface area contributed by atoms with E-state index in [1.165, 1.54) is 0 Å². The van der Waals surface area contributed by atoms with Crippen LogP contribution in [0.2, 0.25) is 0 Å². The Bertz CT molecular complexity index is 791. The van der Waals surface area contributed by atoms with Crippen molar-refractivity contribution in [1.82, 2.24) is 4.98 Å². The molecule has 0 aliphatic heterocycles. The lowest BCUT2D eigenvalue weighted by Crippen LogP contribution is -2.11. The van der Waals surface area contributed by atoms with Crippen molar-refractivity contribution in [1.29, 1.82) is 0 Å². The summed E-state index contributed by atoms with van der Waals surface area (Å²) in [6.07, 6.45) is 0.738. The minimum absolute atomic E-state index is 0.187. The van der Waals surface area contributed by atoms with Crippen LogP contribution < -0.4 is 11.1 Å². The second-order valence-electron chi connectivity index (χ2n) is 4.72. The number of rotatable bonds is 3. The number of fused-ring (bicyclic) bond motifs is 1. The third kappa shape index (κ3) is 2.72. The normalized spacial score (nSPS) is 10.7. The molecule has 0 aliphatic carbocycles. The van der Waals surface area contributed by atoms with Crippen molar-refractivity contribution in [3.8, 4) is 0 Å². The Labute approximate surface area is 121 Å². The molecule has 3 rings (SSSR count). The van der Waals surface area contributed by atoms with Gasteiger partial charge in [0.05, 0.1) is 0 Å². The highest BCUT2D eigenvalue weighted by Crippen LogP contribution is 2.21. The molecule has 3 N–H and O–H groups in total. The molecule has 0 atom stereocenters. The van der Waals surface area contributed by atoms with Crippen LogP contribution in [-0.4, -0.2) is 10.9 Å². The van der Waals surface area contributed by atoms with Crippen molar-refractivity contribution in [2.75, 3.05) is 11.1 Å². The van der Waals surface area contributed by atoms with Crippen molar-refractivity contribution in [3.05, 3.63) is 53.9 Å². The molecule has 106 valence electrons. The SMILES string of the molecule is CCc1nc2cc(NC(=O)c3ccc(N)cc3)ccc2o1. The smallest absolute Gasteiger partial charge is 0.255 e. The molecule has 0 unspecified atom stereocenters. The number of hydrogen-bond acceptors (Lipinski definition) is 4. The Balaban J connectivity index is 1.83. The summed E-state index contributed by atoms with van der Waals surface area (Å²) < 4.78 is 5.54. The van der Waals surface area contributed by atoms with E-state index in [2.05, 4.69) is 10.3 Å². The van der Waals surface area contributed by atoms with Gasteiger partial charge in [0.15, 0.2) is 11.5 Å². The monoisotopic (exact) mass is 281 g/mol. The van der Waals surface area contributed by atoms with Gasteiger partial charge < -0.3 is 15.5 Å². The third-order valence-electron chi connectivity index (χ3n) is 3.17. The Morgan fingerprint density at radius 1 is 1.24 bits per heavy atom. The number of nitrogens with one attached hydrogen (secondary N) is 1. The molecule has 1 aromatic heterocycles. The molecular weight excluding hydrogens is 266 g/mol. The van der Waals surface area contributed by atoms with E-state index in [-0.39, 0.29) is 5.91 Å². The van der Waals surface area contributed by atoms with E-state index in [0.29, 0.717) is 22.8 Å². The molecule has 3 aromatic rings. The number of anilines is 2. The van der Waals surface area contributed by atoms with Crippen LogP contribution in [0, 0.1) is 0 Å². The summed E-state index contributed by atoms with van der Waals surface area (Å²) in [5.74, 6) is 0.501. The molecule has 2 aromatic carbocycles. The van der Waals surface area contributed by atoms with Gasteiger partial charge in [-0.05, 0) is 42.5 Å². The van der Waals surface area contributed by atoms with Crippen molar-refractivity contribution in [2.24, 2.45) is 0 Å². The van der Waals surface area contributed by atoms with Crippen LogP contribution >= 0.6 is 0 Å². The lowest BCUT2D eigenvalue weighted by atomic mass is 10.2. The fraction of sp³-hybridized carbons (Fsp3) is 0.125. The van der Waals surface area contributed by atoms with Crippen LogP contribution in [0.25, 0.3) is 11.1 Å². The number of aryl methyl sites for hydroxylation is 1. The molecule has 0 spiro atoms. The van der Waals surface area contributed by atoms with Gasteiger partial charge in [0.25, 0.3) is 5.91 Å². The predicted octanol–water partition coefficient (Wildman–Crippen LogP) is 3.22. The van der Waals surface area contributed by atoms with E-state index in [0.717, 1.165) is 17.5 Å². The number of carbonyl (C=O) groups excluding carboxylic acids is 1. The fourth-order valence-electron chi connectivity index (χ4n) is 2.04. The molecule has 5 heteroatoms. The molecule has 1 heterocycles. The first kappa shape index (κ1) is 13.2. The first-order valence-electron chi connectivity index (χ1n) is 6.72. The number of nitrogen functional groups attached to an aromatic ring is 1. The highest BCUT2D eigenvalue weighted by Gasteiger charge is 2.08. The van der Waals surface area contributed by atoms with Crippen molar-refractivity contribution in [3.63, 3.8) is 0 Å². The second kappa shape index (κ2) is 5.28. The van der Waals surface area contributed by atoms with Gasteiger partial charge in [-0.25, -0.2) is 4.98 Å². The molecule has 21 heavy (non-hydrogen) atoms. The molecule has 1 amide bonds. The predicted molar refractivity (Wildman–Crippen MR) is 82.2 cm³/mol.